The number of aromatic amines is 1. The molecule has 0 aliphatic carbocycles. The monoisotopic (exact) mass is 548 g/mol. The Balaban J connectivity index is 1.28. The summed E-state index contributed by atoms with van der Waals surface area (Å²) >= 11 is 0. The molecule has 1 unspecified atom stereocenters. The first kappa shape index (κ1) is 26.0. The maximum absolute atomic E-state index is 14.2. The first-order valence-electron chi connectivity index (χ1n) is 13.0. The van der Waals surface area contributed by atoms with E-state index >= 15 is 0 Å². The van der Waals surface area contributed by atoms with Crippen LogP contribution in [-0.2, 0) is 16.8 Å². The molecule has 3 N–H and O–H groups in total. The molecule has 0 saturated heterocycles. The minimum Gasteiger partial charge on any atom is -0.372 e. The molecule has 2 amide bonds. The summed E-state index contributed by atoms with van der Waals surface area (Å²) in [6.45, 7) is 2.09. The lowest BCUT2D eigenvalue weighted by atomic mass is 9.83. The van der Waals surface area contributed by atoms with Crippen LogP contribution in [0.25, 0.3) is 11.3 Å². The van der Waals surface area contributed by atoms with Gasteiger partial charge in [0.15, 0.2) is 5.60 Å². The van der Waals surface area contributed by atoms with Crippen molar-refractivity contribution in [3.63, 3.8) is 0 Å². The summed E-state index contributed by atoms with van der Waals surface area (Å²) in [6, 6.07) is 19.0. The standard InChI is InChI=1S/C31H25FN6O3/c1-19-9-11-23(32)16-25(19)31(41,22-6-3-2-4-7-22)30(40)36-26-12-10-21(17-34-26)29(39)38-15-13-20-18-35-37-27(20)24-8-5-14-33-28(24)38/h2-12,14,16-18,41H,13,15H2,1H3,(H,35,37)(H,34,36,40). The van der Waals surface area contributed by atoms with Gasteiger partial charge in [-0.25, -0.2) is 14.4 Å². The lowest BCUT2D eigenvalue weighted by molar-refractivity contribution is -0.131. The molecule has 0 radical (unpaired) electrons. The van der Waals surface area contributed by atoms with Gasteiger partial charge in [-0.2, -0.15) is 5.10 Å². The van der Waals surface area contributed by atoms with Crippen molar-refractivity contribution in [2.75, 3.05) is 16.8 Å². The lowest BCUT2D eigenvalue weighted by Crippen LogP contribution is -2.42. The van der Waals surface area contributed by atoms with Crippen molar-refractivity contribution in [3.05, 3.63) is 125 Å². The van der Waals surface area contributed by atoms with Crippen LogP contribution in [0.15, 0.2) is 91.4 Å². The second kappa shape index (κ2) is 10.4. The van der Waals surface area contributed by atoms with Gasteiger partial charge in [0, 0.05) is 30.1 Å². The number of rotatable bonds is 5. The Labute approximate surface area is 234 Å². The maximum Gasteiger partial charge on any atom is 0.266 e. The van der Waals surface area contributed by atoms with Gasteiger partial charge in [0.2, 0.25) is 0 Å². The molecule has 3 aromatic heterocycles. The molecule has 10 heteroatoms. The molecule has 5 aromatic rings. The van der Waals surface area contributed by atoms with Crippen LogP contribution >= 0.6 is 0 Å². The quantitative estimate of drug-likeness (QED) is 0.299. The number of benzene rings is 2. The first-order chi connectivity index (χ1) is 19.9. The van der Waals surface area contributed by atoms with Crippen LogP contribution in [0, 0.1) is 12.7 Å². The highest BCUT2D eigenvalue weighted by Gasteiger charge is 2.41. The Morgan fingerprint density at radius 2 is 1.85 bits per heavy atom. The van der Waals surface area contributed by atoms with E-state index < -0.39 is 17.3 Å². The van der Waals surface area contributed by atoms with Gasteiger partial charge in [0.05, 0.1) is 17.5 Å². The van der Waals surface area contributed by atoms with Crippen LogP contribution in [0.2, 0.25) is 0 Å². The number of hydrogen-bond donors (Lipinski definition) is 3. The van der Waals surface area contributed by atoms with Gasteiger partial charge in [0.1, 0.15) is 17.5 Å². The van der Waals surface area contributed by atoms with Crippen LogP contribution in [0.3, 0.4) is 0 Å². The SMILES string of the molecule is Cc1ccc(F)cc1C(O)(C(=O)Nc1ccc(C(=O)N2CCc3cn[nH]c3-c3cccnc32)cn1)c1ccccc1. The molecule has 41 heavy (non-hydrogen) atoms. The highest BCUT2D eigenvalue weighted by Crippen LogP contribution is 2.35. The summed E-state index contributed by atoms with van der Waals surface area (Å²) < 4.78 is 14.2. The van der Waals surface area contributed by atoms with Crippen molar-refractivity contribution in [3.8, 4) is 11.3 Å². The number of aryl methyl sites for hydroxylation is 1. The number of anilines is 2. The van der Waals surface area contributed by atoms with Gasteiger partial charge >= 0.3 is 0 Å². The number of carbonyl (C=O) groups is 2. The van der Waals surface area contributed by atoms with E-state index in [4.69, 9.17) is 0 Å². The minimum absolute atomic E-state index is 0.111. The van der Waals surface area contributed by atoms with Crippen LogP contribution in [0.1, 0.15) is 32.6 Å². The molecule has 2 aromatic carbocycles. The van der Waals surface area contributed by atoms with Gasteiger partial charge in [0.25, 0.3) is 11.8 Å². The number of aliphatic hydroxyl groups is 1. The molecule has 0 spiro atoms. The van der Waals surface area contributed by atoms with Crippen LogP contribution in [-0.4, -0.2) is 43.6 Å². The fourth-order valence-corrected chi connectivity index (χ4v) is 5.11. The van der Waals surface area contributed by atoms with Gasteiger partial charge < -0.3 is 10.4 Å². The Bertz CT molecular complexity index is 1760. The minimum atomic E-state index is -2.20. The predicted octanol–water partition coefficient (Wildman–Crippen LogP) is 4.39. The van der Waals surface area contributed by atoms with Crippen LogP contribution < -0.4 is 10.2 Å². The average Bonchev–Trinajstić information content (AvgIpc) is 3.41. The molecule has 0 bridgehead atoms. The molecule has 1 aliphatic rings. The second-order valence-electron chi connectivity index (χ2n) is 9.77. The molecule has 1 atom stereocenters. The van der Waals surface area contributed by atoms with Crippen LogP contribution in [0.4, 0.5) is 16.0 Å². The number of hydrogen-bond acceptors (Lipinski definition) is 6. The molecule has 6 rings (SSSR count). The number of amides is 2. The number of fused-ring (bicyclic) bond motifs is 3. The number of halogens is 1. The van der Waals surface area contributed by atoms with E-state index in [0.717, 1.165) is 22.9 Å². The fourth-order valence-electron chi connectivity index (χ4n) is 5.11. The second-order valence-corrected chi connectivity index (χ2v) is 9.77. The maximum atomic E-state index is 14.2. The van der Waals surface area contributed by atoms with Gasteiger partial charge in [-0.1, -0.05) is 36.4 Å². The fraction of sp³-hybridized carbons (Fsp3) is 0.129. The van der Waals surface area contributed by atoms with E-state index in [9.17, 15) is 19.1 Å². The van der Waals surface area contributed by atoms with Gasteiger partial charge in [-0.05, 0) is 66.4 Å². The molecular weight excluding hydrogens is 523 g/mol. The van der Waals surface area contributed by atoms with E-state index in [1.165, 1.54) is 24.4 Å². The molecule has 1 aliphatic heterocycles. The highest BCUT2D eigenvalue weighted by molar-refractivity contribution is 6.08. The Morgan fingerprint density at radius 3 is 2.63 bits per heavy atom. The van der Waals surface area contributed by atoms with Crippen molar-refractivity contribution < 1.29 is 19.1 Å². The zero-order chi connectivity index (χ0) is 28.6. The number of aromatic nitrogens is 4. The summed E-state index contributed by atoms with van der Waals surface area (Å²) in [4.78, 5) is 37.5. The average molecular weight is 549 g/mol. The van der Waals surface area contributed by atoms with E-state index in [1.54, 1.807) is 66.7 Å². The van der Waals surface area contributed by atoms with Crippen molar-refractivity contribution in [1.29, 1.82) is 0 Å². The van der Waals surface area contributed by atoms with E-state index in [1.807, 2.05) is 6.07 Å². The van der Waals surface area contributed by atoms with Gasteiger partial charge in [-0.3, -0.25) is 19.6 Å². The predicted molar refractivity (Wildman–Crippen MR) is 151 cm³/mol. The number of nitrogens with zero attached hydrogens (tertiary/aromatic N) is 4. The number of nitrogens with one attached hydrogen (secondary N) is 2. The van der Waals surface area contributed by atoms with E-state index in [0.29, 0.717) is 29.9 Å². The molecular formula is C31H25FN6O3. The van der Waals surface area contributed by atoms with Crippen molar-refractivity contribution >= 4 is 23.5 Å². The van der Waals surface area contributed by atoms with Crippen molar-refractivity contribution in [2.45, 2.75) is 18.9 Å². The Morgan fingerprint density at radius 1 is 1.02 bits per heavy atom. The normalized spacial score (nSPS) is 13.9. The molecule has 4 heterocycles. The first-order valence-corrected chi connectivity index (χ1v) is 13.0. The summed E-state index contributed by atoms with van der Waals surface area (Å²) in [7, 11) is 0. The summed E-state index contributed by atoms with van der Waals surface area (Å²) in [5.74, 6) is -1.07. The Kier molecular flexibility index (Phi) is 6.60. The summed E-state index contributed by atoms with van der Waals surface area (Å²) in [5.41, 5.74) is 1.61. The zero-order valence-electron chi connectivity index (χ0n) is 22.0. The van der Waals surface area contributed by atoms with E-state index in [2.05, 4.69) is 25.5 Å². The summed E-state index contributed by atoms with van der Waals surface area (Å²) in [5, 5.41) is 21.6. The highest BCUT2D eigenvalue weighted by atomic mass is 19.1. The zero-order valence-corrected chi connectivity index (χ0v) is 22.0. The molecule has 0 saturated carbocycles. The molecule has 204 valence electrons. The number of carbonyl (C=O) groups excluding carboxylic acids is 2. The Hall–Kier alpha value is -5.22. The topological polar surface area (TPSA) is 124 Å². The smallest absolute Gasteiger partial charge is 0.266 e. The van der Waals surface area contributed by atoms with Gasteiger partial charge in [-0.15, -0.1) is 0 Å². The number of pyridine rings is 2. The number of H-pyrrole nitrogens is 1. The third kappa shape index (κ3) is 4.64. The van der Waals surface area contributed by atoms with Crippen molar-refractivity contribution in [1.82, 2.24) is 20.2 Å². The third-order valence-corrected chi connectivity index (χ3v) is 7.24. The molecule has 9 nitrogen and oxygen atoms in total. The largest absolute Gasteiger partial charge is 0.372 e. The third-order valence-electron chi connectivity index (χ3n) is 7.24. The van der Waals surface area contributed by atoms with Crippen molar-refractivity contribution in [2.24, 2.45) is 0 Å². The summed E-state index contributed by atoms with van der Waals surface area (Å²) in [6.07, 6.45) is 5.33. The lowest BCUT2D eigenvalue weighted by Gasteiger charge is -2.29. The molecule has 0 fully saturated rings. The van der Waals surface area contributed by atoms with Crippen LogP contribution in [0.5, 0.6) is 0 Å². The van der Waals surface area contributed by atoms with E-state index in [-0.39, 0.29) is 22.9 Å².